The average molecular weight is 267 g/mol. The first-order valence-corrected chi connectivity index (χ1v) is 6.18. The zero-order valence-corrected chi connectivity index (χ0v) is 10.9. The molecule has 20 heavy (non-hydrogen) atoms. The predicted molar refractivity (Wildman–Crippen MR) is 77.1 cm³/mol. The van der Waals surface area contributed by atoms with Crippen LogP contribution in [0.25, 0.3) is 22.2 Å². The van der Waals surface area contributed by atoms with E-state index < -0.39 is 0 Å². The van der Waals surface area contributed by atoms with Crippen LogP contribution >= 0.6 is 0 Å². The molecule has 2 N–H and O–H groups in total. The highest BCUT2D eigenvalue weighted by Crippen LogP contribution is 2.34. The summed E-state index contributed by atoms with van der Waals surface area (Å²) in [6.45, 7) is 0. The summed E-state index contributed by atoms with van der Waals surface area (Å²) in [4.78, 5) is 11.5. The quantitative estimate of drug-likeness (QED) is 0.701. The zero-order chi connectivity index (χ0) is 14.3. The van der Waals surface area contributed by atoms with E-state index in [0.29, 0.717) is 5.56 Å². The fourth-order valence-corrected chi connectivity index (χ4v) is 2.54. The number of carbonyl (C=O) groups is 1. The van der Waals surface area contributed by atoms with Gasteiger partial charge in [-0.2, -0.15) is 0 Å². The van der Waals surface area contributed by atoms with Gasteiger partial charge in [-0.05, 0) is 42.0 Å². The summed E-state index contributed by atoms with van der Waals surface area (Å²) in [7, 11) is 1.84. The summed E-state index contributed by atoms with van der Waals surface area (Å²) in [5.74, 6) is 0.339. The van der Waals surface area contributed by atoms with Gasteiger partial charge in [0, 0.05) is 24.1 Å². The zero-order valence-electron chi connectivity index (χ0n) is 10.9. The highest BCUT2D eigenvalue weighted by Gasteiger charge is 2.16. The number of aryl methyl sites for hydroxylation is 1. The van der Waals surface area contributed by atoms with Gasteiger partial charge in [-0.1, -0.05) is 0 Å². The van der Waals surface area contributed by atoms with Gasteiger partial charge >= 0.3 is 0 Å². The fourth-order valence-electron chi connectivity index (χ4n) is 2.54. The average Bonchev–Trinajstić information content (AvgIpc) is 2.72. The molecule has 3 aromatic rings. The van der Waals surface area contributed by atoms with Crippen LogP contribution in [0.1, 0.15) is 10.4 Å². The lowest BCUT2D eigenvalue weighted by atomic mass is 10.1. The first-order chi connectivity index (χ1) is 9.61. The summed E-state index contributed by atoms with van der Waals surface area (Å²) < 4.78 is 1.87. The maximum atomic E-state index is 11.5. The van der Waals surface area contributed by atoms with Crippen molar-refractivity contribution in [2.24, 2.45) is 7.05 Å². The summed E-state index contributed by atoms with van der Waals surface area (Å²) in [6, 6.07) is 11.6. The largest absolute Gasteiger partial charge is 0.508 e. The van der Waals surface area contributed by atoms with Crippen LogP contribution in [0, 0.1) is 0 Å². The molecule has 0 atom stereocenters. The van der Waals surface area contributed by atoms with Gasteiger partial charge in [-0.15, -0.1) is 0 Å². The van der Waals surface area contributed by atoms with Crippen LogP contribution in [0.5, 0.6) is 11.5 Å². The Bertz CT molecular complexity index is 801. The molecule has 0 aliphatic rings. The summed E-state index contributed by atoms with van der Waals surface area (Å²) in [6.07, 6.45) is 0.821. The minimum Gasteiger partial charge on any atom is -0.508 e. The number of nitrogens with zero attached hydrogens (tertiary/aromatic N) is 1. The predicted octanol–water partition coefficient (Wildman–Crippen LogP) is 3.07. The Morgan fingerprint density at radius 2 is 1.65 bits per heavy atom. The van der Waals surface area contributed by atoms with Gasteiger partial charge in [-0.25, -0.2) is 0 Å². The number of hydrogen-bond acceptors (Lipinski definition) is 3. The standard InChI is InChI=1S/C16H13NO3/c1-17-15-8-12(20)6-7-13(15)14(9-18)16(17)10-2-4-11(19)5-3-10/h2-9,19-20H,1H3. The fraction of sp³-hybridized carbons (Fsp3) is 0.0625. The van der Waals surface area contributed by atoms with Crippen molar-refractivity contribution >= 4 is 17.2 Å². The van der Waals surface area contributed by atoms with Crippen molar-refractivity contribution in [2.75, 3.05) is 0 Å². The van der Waals surface area contributed by atoms with Gasteiger partial charge < -0.3 is 14.8 Å². The lowest BCUT2D eigenvalue weighted by Crippen LogP contribution is -1.93. The van der Waals surface area contributed by atoms with Gasteiger partial charge in [0.05, 0.1) is 11.2 Å². The third-order valence-corrected chi connectivity index (χ3v) is 3.48. The Morgan fingerprint density at radius 3 is 2.30 bits per heavy atom. The van der Waals surface area contributed by atoms with Crippen molar-refractivity contribution < 1.29 is 15.0 Å². The molecule has 0 bridgehead atoms. The van der Waals surface area contributed by atoms with E-state index in [1.54, 1.807) is 42.5 Å². The van der Waals surface area contributed by atoms with Gasteiger partial charge in [0.15, 0.2) is 6.29 Å². The second kappa shape index (κ2) is 4.42. The van der Waals surface area contributed by atoms with E-state index in [4.69, 9.17) is 0 Å². The lowest BCUT2D eigenvalue weighted by molar-refractivity contribution is 0.112. The minimum atomic E-state index is 0.160. The number of phenolic OH excluding ortho intramolecular Hbond substituents is 2. The van der Waals surface area contributed by atoms with Crippen LogP contribution in [-0.2, 0) is 7.05 Å². The number of aromatic nitrogens is 1. The molecule has 0 amide bonds. The van der Waals surface area contributed by atoms with Crippen LogP contribution in [0.3, 0.4) is 0 Å². The van der Waals surface area contributed by atoms with Crippen LogP contribution in [-0.4, -0.2) is 21.1 Å². The molecule has 0 unspecified atom stereocenters. The maximum Gasteiger partial charge on any atom is 0.152 e. The molecule has 0 saturated carbocycles. The number of aldehydes is 1. The summed E-state index contributed by atoms with van der Waals surface area (Å²) in [5, 5.41) is 19.8. The molecule has 0 radical (unpaired) electrons. The van der Waals surface area contributed by atoms with Gasteiger partial charge in [0.1, 0.15) is 11.5 Å². The van der Waals surface area contributed by atoms with Crippen LogP contribution < -0.4 is 0 Å². The second-order valence-electron chi connectivity index (χ2n) is 4.69. The smallest absolute Gasteiger partial charge is 0.152 e. The van der Waals surface area contributed by atoms with Crippen LogP contribution in [0.15, 0.2) is 42.5 Å². The molecule has 3 rings (SSSR count). The van der Waals surface area contributed by atoms with E-state index in [1.807, 2.05) is 11.6 Å². The molecule has 1 heterocycles. The van der Waals surface area contributed by atoms with Gasteiger partial charge in [-0.3, -0.25) is 4.79 Å². The third kappa shape index (κ3) is 1.73. The van der Waals surface area contributed by atoms with E-state index in [2.05, 4.69) is 0 Å². The first-order valence-electron chi connectivity index (χ1n) is 6.18. The van der Waals surface area contributed by atoms with E-state index >= 15 is 0 Å². The number of benzene rings is 2. The van der Waals surface area contributed by atoms with Gasteiger partial charge in [0.2, 0.25) is 0 Å². The molecule has 4 nitrogen and oxygen atoms in total. The van der Waals surface area contributed by atoms with Crippen molar-refractivity contribution in [2.45, 2.75) is 0 Å². The van der Waals surface area contributed by atoms with E-state index in [-0.39, 0.29) is 11.5 Å². The Balaban J connectivity index is 2.37. The Labute approximate surface area is 115 Å². The number of aromatic hydroxyl groups is 2. The first kappa shape index (κ1) is 12.3. The Kier molecular flexibility index (Phi) is 2.71. The molecule has 0 aliphatic heterocycles. The monoisotopic (exact) mass is 267 g/mol. The number of phenols is 2. The van der Waals surface area contributed by atoms with E-state index in [0.717, 1.165) is 28.4 Å². The van der Waals surface area contributed by atoms with Crippen LogP contribution in [0.2, 0.25) is 0 Å². The molecule has 1 aromatic heterocycles. The highest BCUT2D eigenvalue weighted by molar-refractivity contribution is 6.05. The molecule has 0 saturated heterocycles. The normalized spacial score (nSPS) is 10.8. The molecule has 0 spiro atoms. The Morgan fingerprint density at radius 1 is 1.00 bits per heavy atom. The third-order valence-electron chi connectivity index (χ3n) is 3.48. The van der Waals surface area contributed by atoms with Crippen molar-refractivity contribution in [1.29, 1.82) is 0 Å². The number of carbonyl (C=O) groups excluding carboxylic acids is 1. The Hall–Kier alpha value is -2.75. The summed E-state index contributed by atoms with van der Waals surface area (Å²) in [5.41, 5.74) is 2.96. The number of fused-ring (bicyclic) bond motifs is 1. The maximum absolute atomic E-state index is 11.5. The molecule has 0 aliphatic carbocycles. The summed E-state index contributed by atoms with van der Waals surface area (Å²) >= 11 is 0. The minimum absolute atomic E-state index is 0.160. The molecule has 0 fully saturated rings. The van der Waals surface area contributed by atoms with E-state index in [1.165, 1.54) is 0 Å². The molecule has 4 heteroatoms. The van der Waals surface area contributed by atoms with Crippen molar-refractivity contribution in [1.82, 2.24) is 4.57 Å². The number of hydrogen-bond donors (Lipinski definition) is 2. The molecular weight excluding hydrogens is 254 g/mol. The lowest BCUT2D eigenvalue weighted by Gasteiger charge is -2.05. The highest BCUT2D eigenvalue weighted by atomic mass is 16.3. The van der Waals surface area contributed by atoms with Crippen molar-refractivity contribution in [3.05, 3.63) is 48.0 Å². The molecule has 100 valence electrons. The molecular formula is C16H13NO3. The number of rotatable bonds is 2. The second-order valence-corrected chi connectivity index (χ2v) is 4.69. The van der Waals surface area contributed by atoms with Crippen LogP contribution in [0.4, 0.5) is 0 Å². The topological polar surface area (TPSA) is 62.5 Å². The molecule has 2 aromatic carbocycles. The van der Waals surface area contributed by atoms with Crippen molar-refractivity contribution in [3.8, 4) is 22.8 Å². The van der Waals surface area contributed by atoms with Crippen molar-refractivity contribution in [3.63, 3.8) is 0 Å². The SMILES string of the molecule is Cn1c(-c2ccc(O)cc2)c(C=O)c2ccc(O)cc21. The van der Waals surface area contributed by atoms with E-state index in [9.17, 15) is 15.0 Å². The van der Waals surface area contributed by atoms with Gasteiger partial charge in [0.25, 0.3) is 0 Å².